The molecular formula is C19H26N2O4. The second-order valence-corrected chi connectivity index (χ2v) is 6.98. The van der Waals surface area contributed by atoms with E-state index in [2.05, 4.69) is 11.8 Å². The standard InChI is InChI=1S/C19H26N2O4/c1-2-20-6-9-25-18-13-21(12-15(18)11-20)19(22)14-4-5-16-17(10-14)24-8-3-7-23-16/h4-5,10,15,18H,2-3,6-9,11-13H2,1H3/t15-,18+/m1/s1. The minimum atomic E-state index is 0.0513. The van der Waals surface area contributed by atoms with E-state index in [0.717, 1.165) is 45.0 Å². The summed E-state index contributed by atoms with van der Waals surface area (Å²) in [5.74, 6) is 1.84. The van der Waals surface area contributed by atoms with Crippen molar-refractivity contribution in [1.82, 2.24) is 9.80 Å². The lowest BCUT2D eigenvalue weighted by Gasteiger charge is -2.21. The van der Waals surface area contributed by atoms with E-state index in [1.807, 2.05) is 23.1 Å². The number of ether oxygens (including phenoxy) is 3. The molecule has 2 fully saturated rings. The molecule has 0 spiro atoms. The fourth-order valence-electron chi connectivity index (χ4n) is 3.89. The molecule has 3 heterocycles. The number of likely N-dealkylation sites (N-methyl/N-ethyl adjacent to an activating group) is 1. The molecule has 0 N–H and O–H groups in total. The maximum Gasteiger partial charge on any atom is 0.254 e. The lowest BCUT2D eigenvalue weighted by Crippen LogP contribution is -2.33. The molecule has 0 aromatic heterocycles. The first-order valence-corrected chi connectivity index (χ1v) is 9.27. The van der Waals surface area contributed by atoms with Crippen LogP contribution in [0.5, 0.6) is 11.5 Å². The summed E-state index contributed by atoms with van der Waals surface area (Å²) in [5.41, 5.74) is 0.660. The average Bonchev–Trinajstić information content (AvgIpc) is 2.80. The summed E-state index contributed by atoms with van der Waals surface area (Å²) in [7, 11) is 0. The lowest BCUT2D eigenvalue weighted by molar-refractivity contribution is 0.0485. The van der Waals surface area contributed by atoms with Gasteiger partial charge in [0.15, 0.2) is 11.5 Å². The van der Waals surface area contributed by atoms with Gasteiger partial charge in [0, 0.05) is 44.1 Å². The lowest BCUT2D eigenvalue weighted by atomic mass is 10.1. The Morgan fingerprint density at radius 1 is 1.12 bits per heavy atom. The highest BCUT2D eigenvalue weighted by atomic mass is 16.5. The summed E-state index contributed by atoms with van der Waals surface area (Å²) >= 11 is 0. The van der Waals surface area contributed by atoms with Gasteiger partial charge in [-0.1, -0.05) is 6.92 Å². The van der Waals surface area contributed by atoms with Gasteiger partial charge in [-0.05, 0) is 24.7 Å². The number of hydrogen-bond acceptors (Lipinski definition) is 5. The van der Waals surface area contributed by atoms with E-state index >= 15 is 0 Å². The molecule has 2 saturated heterocycles. The number of fused-ring (bicyclic) bond motifs is 2. The van der Waals surface area contributed by atoms with Gasteiger partial charge in [-0.3, -0.25) is 4.79 Å². The van der Waals surface area contributed by atoms with Crippen LogP contribution in [0.15, 0.2) is 18.2 Å². The Bertz CT molecular complexity index is 636. The predicted molar refractivity (Wildman–Crippen MR) is 93.3 cm³/mol. The summed E-state index contributed by atoms with van der Waals surface area (Å²) in [4.78, 5) is 17.3. The van der Waals surface area contributed by atoms with E-state index in [1.54, 1.807) is 0 Å². The van der Waals surface area contributed by atoms with Crippen molar-refractivity contribution < 1.29 is 19.0 Å². The first-order valence-electron chi connectivity index (χ1n) is 9.27. The number of likely N-dealkylation sites (tertiary alicyclic amines) is 1. The minimum absolute atomic E-state index is 0.0513. The SMILES string of the molecule is CCN1CCO[C@H]2CN(C(=O)c3ccc4c(c3)OCCCO4)C[C@H]2C1. The zero-order valence-corrected chi connectivity index (χ0v) is 14.8. The molecule has 136 valence electrons. The van der Waals surface area contributed by atoms with Gasteiger partial charge >= 0.3 is 0 Å². The third kappa shape index (κ3) is 3.46. The Hall–Kier alpha value is -1.79. The van der Waals surface area contributed by atoms with Crippen molar-refractivity contribution in [1.29, 1.82) is 0 Å². The van der Waals surface area contributed by atoms with Crippen LogP contribution in [-0.2, 0) is 4.74 Å². The number of amides is 1. The van der Waals surface area contributed by atoms with Crippen molar-refractivity contribution in [2.24, 2.45) is 5.92 Å². The van der Waals surface area contributed by atoms with Crippen LogP contribution in [0.3, 0.4) is 0 Å². The van der Waals surface area contributed by atoms with Crippen LogP contribution in [0.25, 0.3) is 0 Å². The minimum Gasteiger partial charge on any atom is -0.490 e. The zero-order valence-electron chi connectivity index (χ0n) is 14.8. The topological polar surface area (TPSA) is 51.2 Å². The third-order valence-corrected chi connectivity index (χ3v) is 5.34. The molecule has 0 aliphatic carbocycles. The zero-order chi connectivity index (χ0) is 17.2. The van der Waals surface area contributed by atoms with Crippen molar-refractivity contribution in [2.45, 2.75) is 19.4 Å². The highest BCUT2D eigenvalue weighted by molar-refractivity contribution is 5.95. The smallest absolute Gasteiger partial charge is 0.254 e. The van der Waals surface area contributed by atoms with Gasteiger partial charge in [-0.25, -0.2) is 0 Å². The van der Waals surface area contributed by atoms with E-state index in [1.165, 1.54) is 0 Å². The first kappa shape index (κ1) is 16.7. The van der Waals surface area contributed by atoms with E-state index in [4.69, 9.17) is 14.2 Å². The fourth-order valence-corrected chi connectivity index (χ4v) is 3.89. The van der Waals surface area contributed by atoms with Gasteiger partial charge < -0.3 is 24.0 Å². The molecule has 1 aromatic carbocycles. The number of hydrogen-bond donors (Lipinski definition) is 0. The number of nitrogens with zero attached hydrogens (tertiary/aromatic N) is 2. The second kappa shape index (κ2) is 7.22. The summed E-state index contributed by atoms with van der Waals surface area (Å²) in [5, 5.41) is 0. The summed E-state index contributed by atoms with van der Waals surface area (Å²) in [6.07, 6.45) is 1.01. The van der Waals surface area contributed by atoms with E-state index in [9.17, 15) is 4.79 Å². The van der Waals surface area contributed by atoms with Gasteiger partial charge in [0.05, 0.1) is 25.9 Å². The molecule has 4 rings (SSSR count). The molecule has 6 nitrogen and oxygen atoms in total. The first-order chi connectivity index (χ1) is 12.2. The fraction of sp³-hybridized carbons (Fsp3) is 0.632. The number of rotatable bonds is 2. The Labute approximate surface area is 148 Å². The van der Waals surface area contributed by atoms with Crippen molar-refractivity contribution in [3.63, 3.8) is 0 Å². The van der Waals surface area contributed by atoms with Crippen molar-refractivity contribution in [3.05, 3.63) is 23.8 Å². The van der Waals surface area contributed by atoms with Gasteiger partial charge in [-0.2, -0.15) is 0 Å². The van der Waals surface area contributed by atoms with Crippen LogP contribution in [0.2, 0.25) is 0 Å². The molecule has 6 heteroatoms. The summed E-state index contributed by atoms with van der Waals surface area (Å²) in [6.45, 7) is 8.66. The monoisotopic (exact) mass is 346 g/mol. The Kier molecular flexibility index (Phi) is 4.81. The molecule has 1 amide bonds. The second-order valence-electron chi connectivity index (χ2n) is 6.98. The van der Waals surface area contributed by atoms with Crippen LogP contribution >= 0.6 is 0 Å². The molecule has 0 bridgehead atoms. The number of benzene rings is 1. The van der Waals surface area contributed by atoms with Gasteiger partial charge in [0.2, 0.25) is 0 Å². The molecule has 2 atom stereocenters. The predicted octanol–water partition coefficient (Wildman–Crippen LogP) is 1.64. The van der Waals surface area contributed by atoms with Crippen molar-refractivity contribution >= 4 is 5.91 Å². The Morgan fingerprint density at radius 2 is 1.96 bits per heavy atom. The summed E-state index contributed by atoms with van der Waals surface area (Å²) in [6, 6.07) is 5.50. The van der Waals surface area contributed by atoms with E-state index in [-0.39, 0.29) is 12.0 Å². The van der Waals surface area contributed by atoms with Gasteiger partial charge in [-0.15, -0.1) is 0 Å². The molecule has 3 aliphatic heterocycles. The molecule has 0 saturated carbocycles. The number of carbonyl (C=O) groups excluding carboxylic acids is 1. The molecule has 1 aromatic rings. The average molecular weight is 346 g/mol. The normalized spacial score (nSPS) is 26.7. The Morgan fingerprint density at radius 3 is 2.80 bits per heavy atom. The largest absolute Gasteiger partial charge is 0.490 e. The van der Waals surface area contributed by atoms with Crippen molar-refractivity contribution in [2.75, 3.05) is 52.5 Å². The van der Waals surface area contributed by atoms with Crippen LogP contribution in [0.1, 0.15) is 23.7 Å². The maximum absolute atomic E-state index is 13.0. The highest BCUT2D eigenvalue weighted by Crippen LogP contribution is 2.32. The molecule has 3 aliphatic rings. The van der Waals surface area contributed by atoms with Crippen LogP contribution in [-0.4, -0.2) is 74.4 Å². The maximum atomic E-state index is 13.0. The molecule has 25 heavy (non-hydrogen) atoms. The van der Waals surface area contributed by atoms with E-state index in [0.29, 0.717) is 37.0 Å². The number of carbonyl (C=O) groups is 1. The van der Waals surface area contributed by atoms with Crippen LogP contribution in [0.4, 0.5) is 0 Å². The highest BCUT2D eigenvalue weighted by Gasteiger charge is 2.38. The Balaban J connectivity index is 1.47. The molecular weight excluding hydrogens is 320 g/mol. The molecule has 0 radical (unpaired) electrons. The quantitative estimate of drug-likeness (QED) is 0.815. The van der Waals surface area contributed by atoms with E-state index < -0.39 is 0 Å². The summed E-state index contributed by atoms with van der Waals surface area (Å²) < 4.78 is 17.4. The molecule has 0 unspecified atom stereocenters. The van der Waals surface area contributed by atoms with Crippen LogP contribution < -0.4 is 9.47 Å². The van der Waals surface area contributed by atoms with Crippen LogP contribution in [0, 0.1) is 5.92 Å². The van der Waals surface area contributed by atoms with Crippen molar-refractivity contribution in [3.8, 4) is 11.5 Å². The van der Waals surface area contributed by atoms with Gasteiger partial charge in [0.1, 0.15) is 0 Å². The third-order valence-electron chi connectivity index (χ3n) is 5.34. The van der Waals surface area contributed by atoms with Gasteiger partial charge in [0.25, 0.3) is 5.91 Å².